The van der Waals surface area contributed by atoms with E-state index in [1.54, 1.807) is 7.05 Å². The van der Waals surface area contributed by atoms with Crippen LogP contribution in [0.15, 0.2) is 29.2 Å². The van der Waals surface area contributed by atoms with E-state index in [1.807, 2.05) is 13.8 Å². The first-order valence-corrected chi connectivity index (χ1v) is 5.36. The lowest BCUT2D eigenvalue weighted by molar-refractivity contribution is -0.137. The maximum Gasteiger partial charge on any atom is 0.416 e. The Morgan fingerprint density at radius 1 is 1.07 bits per heavy atom. The molecule has 15 heavy (non-hydrogen) atoms. The Bertz CT molecular complexity index is 269. The molecule has 0 bridgehead atoms. The SMILES string of the molecule is CC.CNSc1ccc(C(F)(F)F)cc1. The van der Waals surface area contributed by atoms with Gasteiger partial charge in [0.05, 0.1) is 5.56 Å². The Balaban J connectivity index is 0.000000921. The summed E-state index contributed by atoms with van der Waals surface area (Å²) in [6, 6.07) is 5.01. The van der Waals surface area contributed by atoms with E-state index in [2.05, 4.69) is 4.72 Å². The molecule has 0 aliphatic carbocycles. The number of rotatable bonds is 2. The molecule has 0 saturated carbocycles. The first-order valence-electron chi connectivity index (χ1n) is 4.55. The van der Waals surface area contributed by atoms with Crippen LogP contribution in [0.25, 0.3) is 0 Å². The van der Waals surface area contributed by atoms with E-state index in [-0.39, 0.29) is 0 Å². The summed E-state index contributed by atoms with van der Waals surface area (Å²) in [5, 5.41) is 0. The van der Waals surface area contributed by atoms with Crippen molar-refractivity contribution in [3.8, 4) is 0 Å². The van der Waals surface area contributed by atoms with E-state index >= 15 is 0 Å². The summed E-state index contributed by atoms with van der Waals surface area (Å²) in [4.78, 5) is 0.760. The van der Waals surface area contributed by atoms with Crippen LogP contribution in [0.2, 0.25) is 0 Å². The Kier molecular flexibility index (Phi) is 6.43. The highest BCUT2D eigenvalue weighted by Crippen LogP contribution is 2.30. The zero-order valence-electron chi connectivity index (χ0n) is 8.85. The summed E-state index contributed by atoms with van der Waals surface area (Å²) in [5.74, 6) is 0. The number of hydrogen-bond donors (Lipinski definition) is 1. The quantitative estimate of drug-likeness (QED) is 0.781. The lowest BCUT2D eigenvalue weighted by Crippen LogP contribution is -2.04. The zero-order valence-corrected chi connectivity index (χ0v) is 9.67. The molecule has 0 fully saturated rings. The Hall–Kier alpha value is -0.680. The van der Waals surface area contributed by atoms with Gasteiger partial charge in [-0.3, -0.25) is 4.72 Å². The van der Waals surface area contributed by atoms with Crippen molar-refractivity contribution >= 4 is 11.9 Å². The Labute approximate surface area is 92.2 Å². The molecule has 0 unspecified atom stereocenters. The van der Waals surface area contributed by atoms with Gasteiger partial charge in [0.2, 0.25) is 0 Å². The second-order valence-electron chi connectivity index (χ2n) is 2.33. The molecule has 1 N–H and O–H groups in total. The maximum atomic E-state index is 12.1. The molecule has 86 valence electrons. The molecule has 0 amide bonds. The molecule has 0 aromatic heterocycles. The van der Waals surface area contributed by atoms with Crippen LogP contribution >= 0.6 is 11.9 Å². The molecule has 0 aliphatic rings. The molecule has 5 heteroatoms. The first-order chi connectivity index (χ1) is 7.04. The third-order valence-corrected chi connectivity index (χ3v) is 2.11. The van der Waals surface area contributed by atoms with E-state index in [9.17, 15) is 13.2 Å². The van der Waals surface area contributed by atoms with Gasteiger partial charge in [0.1, 0.15) is 0 Å². The van der Waals surface area contributed by atoms with E-state index in [1.165, 1.54) is 24.1 Å². The van der Waals surface area contributed by atoms with Crippen molar-refractivity contribution in [3.05, 3.63) is 29.8 Å². The summed E-state index contributed by atoms with van der Waals surface area (Å²) >= 11 is 1.28. The molecule has 0 heterocycles. The van der Waals surface area contributed by atoms with Crippen molar-refractivity contribution in [2.75, 3.05) is 7.05 Å². The van der Waals surface area contributed by atoms with Crippen LogP contribution in [-0.2, 0) is 6.18 Å². The molecule has 0 spiro atoms. The zero-order chi connectivity index (χ0) is 11.9. The second-order valence-corrected chi connectivity index (χ2v) is 3.41. The highest BCUT2D eigenvalue weighted by molar-refractivity contribution is 7.97. The molecule has 1 aromatic carbocycles. The van der Waals surface area contributed by atoms with Crippen molar-refractivity contribution in [1.29, 1.82) is 0 Å². The van der Waals surface area contributed by atoms with Gasteiger partial charge in [0.15, 0.2) is 0 Å². The van der Waals surface area contributed by atoms with Crippen LogP contribution in [0.5, 0.6) is 0 Å². The van der Waals surface area contributed by atoms with Crippen LogP contribution < -0.4 is 4.72 Å². The molecule has 1 aromatic rings. The smallest absolute Gasteiger partial charge is 0.263 e. The fourth-order valence-electron chi connectivity index (χ4n) is 0.830. The maximum absolute atomic E-state index is 12.1. The minimum atomic E-state index is -4.25. The van der Waals surface area contributed by atoms with Gasteiger partial charge in [-0.25, -0.2) is 0 Å². The van der Waals surface area contributed by atoms with Gasteiger partial charge < -0.3 is 0 Å². The number of hydrogen-bond acceptors (Lipinski definition) is 2. The Morgan fingerprint density at radius 2 is 1.53 bits per heavy atom. The minimum Gasteiger partial charge on any atom is -0.263 e. The lowest BCUT2D eigenvalue weighted by atomic mass is 10.2. The molecule has 1 nitrogen and oxygen atoms in total. The molecule has 0 atom stereocenters. The van der Waals surface area contributed by atoms with Crippen LogP contribution in [0.3, 0.4) is 0 Å². The van der Waals surface area contributed by atoms with Crippen molar-refractivity contribution in [2.24, 2.45) is 0 Å². The van der Waals surface area contributed by atoms with Crippen LogP contribution in [0, 0.1) is 0 Å². The van der Waals surface area contributed by atoms with E-state index < -0.39 is 11.7 Å². The van der Waals surface area contributed by atoms with Gasteiger partial charge >= 0.3 is 6.18 Å². The van der Waals surface area contributed by atoms with Gasteiger partial charge in [-0.15, -0.1) is 0 Å². The van der Waals surface area contributed by atoms with Gasteiger partial charge in [0.25, 0.3) is 0 Å². The monoisotopic (exact) mass is 237 g/mol. The van der Waals surface area contributed by atoms with E-state index in [0.29, 0.717) is 0 Å². The molecular formula is C10H14F3NS. The topological polar surface area (TPSA) is 12.0 Å². The number of benzene rings is 1. The third kappa shape index (κ3) is 5.09. The predicted molar refractivity (Wildman–Crippen MR) is 57.7 cm³/mol. The predicted octanol–water partition coefficient (Wildman–Crippen LogP) is 3.96. The summed E-state index contributed by atoms with van der Waals surface area (Å²) in [6.45, 7) is 4.00. The fourth-order valence-corrected chi connectivity index (χ4v) is 1.34. The molecular weight excluding hydrogens is 223 g/mol. The van der Waals surface area contributed by atoms with Crippen LogP contribution in [-0.4, -0.2) is 7.05 Å². The largest absolute Gasteiger partial charge is 0.416 e. The molecule has 0 aliphatic heterocycles. The average molecular weight is 237 g/mol. The second kappa shape index (κ2) is 6.74. The van der Waals surface area contributed by atoms with Gasteiger partial charge in [-0.1, -0.05) is 13.8 Å². The van der Waals surface area contributed by atoms with E-state index in [0.717, 1.165) is 17.0 Å². The lowest BCUT2D eigenvalue weighted by Gasteiger charge is -2.06. The first kappa shape index (κ1) is 14.3. The molecule has 1 rings (SSSR count). The van der Waals surface area contributed by atoms with Gasteiger partial charge in [0, 0.05) is 4.90 Å². The number of halogens is 3. The number of alkyl halides is 3. The van der Waals surface area contributed by atoms with Crippen molar-refractivity contribution < 1.29 is 13.2 Å². The normalized spacial score (nSPS) is 10.5. The Morgan fingerprint density at radius 3 is 1.87 bits per heavy atom. The number of nitrogens with one attached hydrogen (secondary N) is 1. The summed E-state index contributed by atoms with van der Waals surface area (Å²) < 4.78 is 39.0. The van der Waals surface area contributed by atoms with Crippen molar-refractivity contribution in [1.82, 2.24) is 4.72 Å². The summed E-state index contributed by atoms with van der Waals surface area (Å²) in [5.41, 5.74) is -0.618. The van der Waals surface area contributed by atoms with Crippen molar-refractivity contribution in [3.63, 3.8) is 0 Å². The summed E-state index contributed by atoms with van der Waals surface area (Å²) in [7, 11) is 1.71. The minimum absolute atomic E-state index is 0.618. The fraction of sp³-hybridized carbons (Fsp3) is 0.400. The van der Waals surface area contributed by atoms with Gasteiger partial charge in [-0.2, -0.15) is 13.2 Å². The van der Waals surface area contributed by atoms with Crippen LogP contribution in [0.1, 0.15) is 19.4 Å². The van der Waals surface area contributed by atoms with Crippen molar-refractivity contribution in [2.45, 2.75) is 24.9 Å². The van der Waals surface area contributed by atoms with Crippen LogP contribution in [0.4, 0.5) is 13.2 Å². The highest BCUT2D eigenvalue weighted by atomic mass is 32.2. The standard InChI is InChI=1S/C8H8F3NS.C2H6/c1-12-13-7-4-2-6(3-5-7)8(9,10)11;1-2/h2-5,12H,1H3;1-2H3. The molecule has 0 radical (unpaired) electrons. The van der Waals surface area contributed by atoms with E-state index in [4.69, 9.17) is 0 Å². The highest BCUT2D eigenvalue weighted by Gasteiger charge is 2.29. The average Bonchev–Trinajstić information content (AvgIpc) is 2.21. The third-order valence-electron chi connectivity index (χ3n) is 1.40. The summed E-state index contributed by atoms with van der Waals surface area (Å²) in [6.07, 6.45) is -4.25. The molecule has 0 saturated heterocycles. The van der Waals surface area contributed by atoms with Gasteiger partial charge in [-0.05, 0) is 43.3 Å².